The molecule has 1 saturated carbocycles. The molecule has 22 heavy (non-hydrogen) atoms. The highest BCUT2D eigenvalue weighted by Gasteiger charge is 2.30. The van der Waals surface area contributed by atoms with Crippen molar-refractivity contribution in [3.05, 3.63) is 54.2 Å². The predicted octanol–water partition coefficient (Wildman–Crippen LogP) is 2.76. The first kappa shape index (κ1) is 14.4. The number of nitrogens with one attached hydrogen (secondary N) is 1. The number of ether oxygens (including phenoxy) is 1. The number of pyridine rings is 1. The predicted molar refractivity (Wildman–Crippen MR) is 88.2 cm³/mol. The Bertz CT molecular complexity index is 651. The number of hydrogen-bond acceptors (Lipinski definition) is 3. The van der Waals surface area contributed by atoms with Crippen LogP contribution in [0.15, 0.2) is 53.7 Å². The Morgan fingerprint density at radius 2 is 2.14 bits per heavy atom. The van der Waals surface area contributed by atoms with E-state index < -0.39 is 0 Å². The fourth-order valence-corrected chi connectivity index (χ4v) is 2.66. The van der Waals surface area contributed by atoms with Crippen LogP contribution in [0.4, 0.5) is 5.82 Å². The minimum atomic E-state index is 0.271. The van der Waals surface area contributed by atoms with E-state index in [1.807, 2.05) is 30.3 Å². The number of anilines is 1. The third-order valence-corrected chi connectivity index (χ3v) is 3.92. The first-order valence-electron chi connectivity index (χ1n) is 7.40. The lowest BCUT2D eigenvalue weighted by Gasteiger charge is -2.33. The Labute approximate surface area is 130 Å². The van der Waals surface area contributed by atoms with E-state index >= 15 is 0 Å². The number of guanidine groups is 1. The maximum absolute atomic E-state index is 5.92. The molecule has 0 atom stereocenters. The van der Waals surface area contributed by atoms with E-state index in [4.69, 9.17) is 10.5 Å². The van der Waals surface area contributed by atoms with Gasteiger partial charge in [0, 0.05) is 6.20 Å². The molecule has 5 nitrogen and oxygen atoms in total. The first-order valence-corrected chi connectivity index (χ1v) is 7.40. The third kappa shape index (κ3) is 3.36. The van der Waals surface area contributed by atoms with Gasteiger partial charge in [-0.05, 0) is 48.6 Å². The van der Waals surface area contributed by atoms with Gasteiger partial charge in [-0.25, -0.2) is 9.98 Å². The third-order valence-electron chi connectivity index (χ3n) is 3.92. The number of aromatic nitrogens is 1. The van der Waals surface area contributed by atoms with Gasteiger partial charge in [-0.1, -0.05) is 18.2 Å². The highest BCUT2D eigenvalue weighted by molar-refractivity contribution is 5.91. The van der Waals surface area contributed by atoms with Crippen molar-refractivity contribution in [2.75, 3.05) is 12.4 Å². The van der Waals surface area contributed by atoms with Crippen molar-refractivity contribution in [3.63, 3.8) is 0 Å². The second kappa shape index (κ2) is 6.47. The van der Waals surface area contributed by atoms with Crippen LogP contribution in [0.25, 0.3) is 0 Å². The Hall–Kier alpha value is -2.56. The molecule has 0 bridgehead atoms. The van der Waals surface area contributed by atoms with Crippen LogP contribution in [0.5, 0.6) is 5.75 Å². The van der Waals surface area contributed by atoms with Crippen LogP contribution < -0.4 is 15.8 Å². The highest BCUT2D eigenvalue weighted by atomic mass is 16.5. The van der Waals surface area contributed by atoms with E-state index in [0.717, 1.165) is 18.6 Å². The van der Waals surface area contributed by atoms with E-state index in [1.54, 1.807) is 13.3 Å². The van der Waals surface area contributed by atoms with Crippen LogP contribution in [0.2, 0.25) is 0 Å². The Balaban J connectivity index is 1.55. The van der Waals surface area contributed by atoms with Crippen LogP contribution in [-0.4, -0.2) is 24.1 Å². The van der Waals surface area contributed by atoms with Gasteiger partial charge < -0.3 is 15.8 Å². The zero-order valence-corrected chi connectivity index (χ0v) is 12.6. The molecule has 0 aliphatic heterocycles. The molecule has 0 radical (unpaired) electrons. The van der Waals surface area contributed by atoms with Crippen LogP contribution in [0.1, 0.15) is 24.3 Å². The van der Waals surface area contributed by atoms with Gasteiger partial charge in [0.25, 0.3) is 0 Å². The summed E-state index contributed by atoms with van der Waals surface area (Å²) >= 11 is 0. The molecule has 5 heteroatoms. The fraction of sp³-hybridized carbons (Fsp3) is 0.294. The lowest BCUT2D eigenvalue weighted by atomic mass is 9.76. The van der Waals surface area contributed by atoms with Crippen molar-refractivity contribution in [1.82, 2.24) is 4.98 Å². The average molecular weight is 296 g/mol. The molecule has 1 aromatic carbocycles. The smallest absolute Gasteiger partial charge is 0.194 e. The molecule has 114 valence electrons. The minimum absolute atomic E-state index is 0.271. The first-order chi connectivity index (χ1) is 10.7. The summed E-state index contributed by atoms with van der Waals surface area (Å²) in [6.07, 6.45) is 3.74. The monoisotopic (exact) mass is 296 g/mol. The standard InChI is InChI=1S/C17H20N4O/c1-22-15-6-4-5-12(11-15)13-9-14(10-13)20-17(18)21-16-7-2-3-8-19-16/h2-8,11,13-14H,9-10H2,1H3,(H3,18,19,20,21). The zero-order valence-electron chi connectivity index (χ0n) is 12.6. The molecular weight excluding hydrogens is 276 g/mol. The van der Waals surface area contributed by atoms with Crippen LogP contribution in [0.3, 0.4) is 0 Å². The minimum Gasteiger partial charge on any atom is -0.497 e. The molecule has 0 unspecified atom stereocenters. The van der Waals surface area contributed by atoms with Gasteiger partial charge in [0.1, 0.15) is 11.6 Å². The van der Waals surface area contributed by atoms with Crippen molar-refractivity contribution in [2.45, 2.75) is 24.8 Å². The maximum Gasteiger partial charge on any atom is 0.194 e. The molecule has 2 aromatic rings. The number of aliphatic imine (C=N–C) groups is 1. The van der Waals surface area contributed by atoms with Gasteiger partial charge in [-0.2, -0.15) is 0 Å². The summed E-state index contributed by atoms with van der Waals surface area (Å²) in [5.74, 6) is 2.58. The number of hydrogen-bond donors (Lipinski definition) is 2. The lowest BCUT2D eigenvalue weighted by molar-refractivity contribution is 0.351. The van der Waals surface area contributed by atoms with Gasteiger partial charge >= 0.3 is 0 Å². The fourth-order valence-electron chi connectivity index (χ4n) is 2.66. The van der Waals surface area contributed by atoms with Crippen molar-refractivity contribution >= 4 is 11.8 Å². The Morgan fingerprint density at radius 1 is 1.27 bits per heavy atom. The molecule has 3 rings (SSSR count). The van der Waals surface area contributed by atoms with E-state index in [1.165, 1.54) is 5.56 Å². The summed E-state index contributed by atoms with van der Waals surface area (Å²) in [5, 5.41) is 3.01. The summed E-state index contributed by atoms with van der Waals surface area (Å²) in [4.78, 5) is 8.67. The molecule has 0 spiro atoms. The SMILES string of the molecule is COc1cccc(C2CC(N=C(N)Nc3ccccn3)C2)c1. The summed E-state index contributed by atoms with van der Waals surface area (Å²) in [7, 11) is 1.69. The number of rotatable bonds is 4. The normalized spacial score (nSPS) is 21.0. The molecule has 1 fully saturated rings. The van der Waals surface area contributed by atoms with E-state index in [0.29, 0.717) is 17.7 Å². The van der Waals surface area contributed by atoms with E-state index in [9.17, 15) is 0 Å². The number of methoxy groups -OCH3 is 1. The largest absolute Gasteiger partial charge is 0.497 e. The summed E-state index contributed by atoms with van der Waals surface area (Å²) in [5.41, 5.74) is 7.23. The molecule has 1 heterocycles. The molecular formula is C17H20N4O. The van der Waals surface area contributed by atoms with Gasteiger partial charge in [-0.3, -0.25) is 0 Å². The second-order valence-corrected chi connectivity index (χ2v) is 5.45. The summed E-state index contributed by atoms with van der Waals surface area (Å²) in [6.45, 7) is 0. The van der Waals surface area contributed by atoms with Crippen LogP contribution in [-0.2, 0) is 0 Å². The van der Waals surface area contributed by atoms with E-state index in [2.05, 4.69) is 27.4 Å². The number of benzene rings is 1. The van der Waals surface area contributed by atoms with Crippen LogP contribution >= 0.6 is 0 Å². The van der Waals surface area contributed by atoms with Crippen LogP contribution in [0, 0.1) is 0 Å². The molecule has 0 saturated heterocycles. The van der Waals surface area contributed by atoms with E-state index in [-0.39, 0.29) is 6.04 Å². The van der Waals surface area contributed by atoms with Gasteiger partial charge in [0.2, 0.25) is 0 Å². The molecule has 0 amide bonds. The molecule has 1 aliphatic carbocycles. The zero-order chi connectivity index (χ0) is 15.4. The average Bonchev–Trinajstić information content (AvgIpc) is 2.51. The molecule has 1 aromatic heterocycles. The van der Waals surface area contributed by atoms with Gasteiger partial charge in [0.05, 0.1) is 13.2 Å². The summed E-state index contributed by atoms with van der Waals surface area (Å²) < 4.78 is 5.27. The molecule has 3 N–H and O–H groups in total. The Kier molecular flexibility index (Phi) is 4.23. The van der Waals surface area contributed by atoms with Crippen molar-refractivity contribution in [3.8, 4) is 5.75 Å². The maximum atomic E-state index is 5.92. The lowest BCUT2D eigenvalue weighted by Crippen LogP contribution is -2.31. The topological polar surface area (TPSA) is 72.5 Å². The highest BCUT2D eigenvalue weighted by Crippen LogP contribution is 2.39. The molecule has 1 aliphatic rings. The number of nitrogens with zero attached hydrogens (tertiary/aromatic N) is 2. The summed E-state index contributed by atoms with van der Waals surface area (Å²) in [6, 6.07) is 14.1. The quantitative estimate of drug-likeness (QED) is 0.672. The Morgan fingerprint density at radius 3 is 2.86 bits per heavy atom. The van der Waals surface area contributed by atoms with Crippen molar-refractivity contribution < 1.29 is 4.74 Å². The van der Waals surface area contributed by atoms with Gasteiger partial charge in [0.15, 0.2) is 5.96 Å². The van der Waals surface area contributed by atoms with Crippen molar-refractivity contribution in [1.29, 1.82) is 0 Å². The number of nitrogens with two attached hydrogens (primary N) is 1. The van der Waals surface area contributed by atoms with Crippen molar-refractivity contribution in [2.24, 2.45) is 10.7 Å². The van der Waals surface area contributed by atoms with Gasteiger partial charge in [-0.15, -0.1) is 0 Å². The second-order valence-electron chi connectivity index (χ2n) is 5.45.